The molecule has 0 amide bonds. The molecule has 0 aliphatic heterocycles. The minimum atomic E-state index is -0.527. The topological polar surface area (TPSA) is 0 Å². The molecule has 0 bridgehead atoms. The Balaban J connectivity index is 1.72. The quantitative estimate of drug-likeness (QED) is 0.126. The van der Waals surface area contributed by atoms with E-state index in [-0.39, 0.29) is 0 Å². The van der Waals surface area contributed by atoms with E-state index in [1.807, 2.05) is 11.8 Å². The first-order chi connectivity index (χ1) is 22.2. The predicted molar refractivity (Wildman–Crippen MR) is 194 cm³/mol. The molecule has 6 aromatic carbocycles. The highest BCUT2D eigenvalue weighted by atomic mass is 32.2. The van der Waals surface area contributed by atoms with E-state index in [0.717, 1.165) is 25.7 Å². The number of hydrogen-bond acceptors (Lipinski definition) is 1. The van der Waals surface area contributed by atoms with Gasteiger partial charge < -0.3 is 0 Å². The monoisotopic (exact) mass is 602 g/mol. The lowest BCUT2D eigenvalue weighted by atomic mass is 9.82. The van der Waals surface area contributed by atoms with E-state index in [1.165, 1.54) is 44.5 Å². The highest BCUT2D eigenvalue weighted by Crippen LogP contribution is 2.61. The van der Waals surface area contributed by atoms with E-state index in [2.05, 4.69) is 184 Å². The van der Waals surface area contributed by atoms with Gasteiger partial charge in [0.15, 0.2) is 0 Å². The van der Waals surface area contributed by atoms with Crippen LogP contribution in [0.5, 0.6) is 0 Å². The molecule has 0 nitrogen and oxygen atoms in total. The summed E-state index contributed by atoms with van der Waals surface area (Å²) in [5, 5.41) is 0. The lowest BCUT2D eigenvalue weighted by Crippen LogP contribution is -2.36. The molecule has 0 heterocycles. The molecule has 0 aromatic heterocycles. The lowest BCUT2D eigenvalue weighted by molar-refractivity contribution is 0.828. The SMILES string of the molecule is CCCc1ccc(C(SC(c2ccccc2)(c2ccccc2)c2ccc(CCC)cc2)(c2ccccc2)c2ccccc2)cc1. The molecule has 0 radical (unpaired) electrons. The Morgan fingerprint density at radius 3 is 0.822 bits per heavy atom. The molecule has 1 heteroatoms. The zero-order valence-corrected chi connectivity index (χ0v) is 27.2. The van der Waals surface area contributed by atoms with Crippen LogP contribution < -0.4 is 0 Å². The smallest absolute Gasteiger partial charge is 0.0922 e. The summed E-state index contributed by atoms with van der Waals surface area (Å²) in [7, 11) is 0. The van der Waals surface area contributed by atoms with Crippen LogP contribution in [0.4, 0.5) is 0 Å². The molecule has 0 saturated heterocycles. The van der Waals surface area contributed by atoms with Gasteiger partial charge in [-0.25, -0.2) is 0 Å². The molecular formula is C44H42S. The zero-order valence-electron chi connectivity index (χ0n) is 26.4. The van der Waals surface area contributed by atoms with Gasteiger partial charge in [0, 0.05) is 0 Å². The van der Waals surface area contributed by atoms with Crippen molar-refractivity contribution in [1.29, 1.82) is 0 Å². The van der Waals surface area contributed by atoms with Gasteiger partial charge in [0.1, 0.15) is 0 Å². The van der Waals surface area contributed by atoms with E-state index in [9.17, 15) is 0 Å². The Morgan fingerprint density at radius 1 is 0.333 bits per heavy atom. The van der Waals surface area contributed by atoms with Gasteiger partial charge in [-0.1, -0.05) is 197 Å². The van der Waals surface area contributed by atoms with Gasteiger partial charge in [0.2, 0.25) is 0 Å². The van der Waals surface area contributed by atoms with E-state index in [1.54, 1.807) is 0 Å². The van der Waals surface area contributed by atoms with Crippen molar-refractivity contribution in [2.45, 2.75) is 49.0 Å². The van der Waals surface area contributed by atoms with Crippen molar-refractivity contribution in [2.24, 2.45) is 0 Å². The summed E-state index contributed by atoms with van der Waals surface area (Å²) < 4.78 is -1.05. The van der Waals surface area contributed by atoms with Crippen molar-refractivity contribution in [3.05, 3.63) is 214 Å². The second-order valence-electron chi connectivity index (χ2n) is 11.8. The first-order valence-electron chi connectivity index (χ1n) is 16.3. The second kappa shape index (κ2) is 14.2. The van der Waals surface area contributed by atoms with Crippen molar-refractivity contribution >= 4 is 11.8 Å². The summed E-state index contributed by atoms with van der Waals surface area (Å²) in [6.45, 7) is 4.50. The number of hydrogen-bond donors (Lipinski definition) is 0. The number of rotatable bonds is 12. The third kappa shape index (κ3) is 6.15. The largest absolute Gasteiger partial charge is 0.119 e. The summed E-state index contributed by atoms with van der Waals surface area (Å²) in [5.41, 5.74) is 10.4. The second-order valence-corrected chi connectivity index (χ2v) is 13.3. The van der Waals surface area contributed by atoms with Crippen LogP contribution in [0, 0.1) is 0 Å². The highest BCUT2D eigenvalue weighted by molar-refractivity contribution is 8.02. The summed E-state index contributed by atoms with van der Waals surface area (Å²) >= 11 is 2.04. The lowest BCUT2D eigenvalue weighted by Gasteiger charge is -2.45. The van der Waals surface area contributed by atoms with Crippen LogP contribution in [-0.4, -0.2) is 0 Å². The van der Waals surface area contributed by atoms with Gasteiger partial charge in [0.25, 0.3) is 0 Å². The highest BCUT2D eigenvalue weighted by Gasteiger charge is 2.48. The van der Waals surface area contributed by atoms with Crippen molar-refractivity contribution in [3.8, 4) is 0 Å². The summed E-state index contributed by atoms with van der Waals surface area (Å²) in [6.07, 6.45) is 4.43. The Labute approximate surface area is 274 Å². The van der Waals surface area contributed by atoms with E-state index in [4.69, 9.17) is 0 Å². The normalized spacial score (nSPS) is 11.8. The summed E-state index contributed by atoms with van der Waals surface area (Å²) in [6, 6.07) is 63.4. The van der Waals surface area contributed by atoms with Crippen molar-refractivity contribution in [2.75, 3.05) is 0 Å². The van der Waals surface area contributed by atoms with Crippen molar-refractivity contribution in [1.82, 2.24) is 0 Å². The minimum Gasteiger partial charge on any atom is -0.119 e. The molecular weight excluding hydrogens is 561 g/mol. The van der Waals surface area contributed by atoms with Crippen LogP contribution in [0.25, 0.3) is 0 Å². The molecule has 0 aliphatic carbocycles. The van der Waals surface area contributed by atoms with Crippen LogP contribution in [-0.2, 0) is 22.3 Å². The fourth-order valence-corrected chi connectivity index (χ4v) is 8.65. The van der Waals surface area contributed by atoms with E-state index < -0.39 is 9.49 Å². The first kappa shape index (κ1) is 30.7. The molecule has 0 aliphatic rings. The van der Waals surface area contributed by atoms with Crippen LogP contribution in [0.15, 0.2) is 170 Å². The van der Waals surface area contributed by atoms with Crippen LogP contribution >= 0.6 is 11.8 Å². The minimum absolute atomic E-state index is 0.527. The molecule has 224 valence electrons. The van der Waals surface area contributed by atoms with Gasteiger partial charge in [-0.2, -0.15) is 0 Å². The van der Waals surface area contributed by atoms with Crippen LogP contribution in [0.3, 0.4) is 0 Å². The molecule has 45 heavy (non-hydrogen) atoms. The third-order valence-corrected chi connectivity index (χ3v) is 10.9. The van der Waals surface area contributed by atoms with Crippen molar-refractivity contribution < 1.29 is 0 Å². The van der Waals surface area contributed by atoms with E-state index >= 15 is 0 Å². The Hall–Kier alpha value is -4.33. The predicted octanol–water partition coefficient (Wildman–Crippen LogP) is 11.6. The van der Waals surface area contributed by atoms with Crippen LogP contribution in [0.2, 0.25) is 0 Å². The zero-order chi connectivity index (χ0) is 31.0. The van der Waals surface area contributed by atoms with E-state index in [0.29, 0.717) is 0 Å². The molecule has 0 fully saturated rings. The molecule has 6 rings (SSSR count). The van der Waals surface area contributed by atoms with Gasteiger partial charge >= 0.3 is 0 Å². The Bertz CT molecular complexity index is 1530. The molecule has 0 spiro atoms. The summed E-state index contributed by atoms with van der Waals surface area (Å²) in [5.74, 6) is 0. The molecule has 0 N–H and O–H groups in total. The van der Waals surface area contributed by atoms with Gasteiger partial charge in [-0.15, -0.1) is 11.8 Å². The number of benzene rings is 6. The maximum Gasteiger partial charge on any atom is 0.0922 e. The fourth-order valence-electron chi connectivity index (χ4n) is 6.66. The fraction of sp³-hybridized carbons (Fsp3) is 0.182. The Kier molecular flexibility index (Phi) is 9.67. The first-order valence-corrected chi connectivity index (χ1v) is 17.1. The average Bonchev–Trinajstić information content (AvgIpc) is 3.12. The van der Waals surface area contributed by atoms with Crippen molar-refractivity contribution in [3.63, 3.8) is 0 Å². The van der Waals surface area contributed by atoms with Gasteiger partial charge in [0.05, 0.1) is 9.49 Å². The number of thioether (sulfide) groups is 1. The Morgan fingerprint density at radius 2 is 0.578 bits per heavy atom. The summed E-state index contributed by atoms with van der Waals surface area (Å²) in [4.78, 5) is 0. The van der Waals surface area contributed by atoms with Crippen LogP contribution in [0.1, 0.15) is 71.2 Å². The average molecular weight is 603 g/mol. The maximum absolute atomic E-state index is 2.38. The van der Waals surface area contributed by atoms with Gasteiger partial charge in [-0.05, 0) is 57.3 Å². The molecule has 6 aromatic rings. The standard InChI is InChI=1S/C44H42S/c1-3-17-35-27-31-41(32-28-35)43(37-19-9-5-10-20-37,38-21-11-6-12-22-38)45-44(39-23-13-7-14-24-39,40-25-15-8-16-26-40)42-33-29-36(18-4-2)30-34-42/h5-16,19-34H,3-4,17-18H2,1-2H3. The maximum atomic E-state index is 2.38. The molecule has 0 atom stereocenters. The number of aryl methyl sites for hydroxylation is 2. The molecule has 0 unspecified atom stereocenters. The van der Waals surface area contributed by atoms with Gasteiger partial charge in [-0.3, -0.25) is 0 Å². The third-order valence-electron chi connectivity index (χ3n) is 8.83. The molecule has 0 saturated carbocycles.